The summed E-state index contributed by atoms with van der Waals surface area (Å²) in [5.41, 5.74) is 1.20. The van der Waals surface area contributed by atoms with E-state index in [1.54, 1.807) is 23.1 Å². The topological polar surface area (TPSA) is 75.8 Å². The average Bonchev–Trinajstić information content (AvgIpc) is 2.66. The Bertz CT molecular complexity index is 647. The third-order valence-corrected chi connectivity index (χ3v) is 3.71. The number of nitro groups is 1. The van der Waals surface area contributed by atoms with Gasteiger partial charge in [0.2, 0.25) is 0 Å². The molecule has 1 aromatic carbocycles. The molecule has 0 saturated carbocycles. The van der Waals surface area contributed by atoms with Gasteiger partial charge in [0.25, 0.3) is 11.6 Å². The number of aliphatic imine (C=N–C) groups is 1. The third-order valence-electron chi connectivity index (χ3n) is 3.71. The second-order valence-electron chi connectivity index (χ2n) is 5.17. The van der Waals surface area contributed by atoms with Gasteiger partial charge in [0.1, 0.15) is 11.5 Å². The van der Waals surface area contributed by atoms with Crippen molar-refractivity contribution in [3.8, 4) is 0 Å². The molecular weight excluding hydrogens is 270 g/mol. The fourth-order valence-corrected chi connectivity index (χ4v) is 2.60. The van der Waals surface area contributed by atoms with Gasteiger partial charge < -0.3 is 0 Å². The summed E-state index contributed by atoms with van der Waals surface area (Å²) in [6, 6.07) is 6.11. The van der Waals surface area contributed by atoms with E-state index in [1.165, 1.54) is 12.1 Å². The monoisotopic (exact) mass is 285 g/mol. The summed E-state index contributed by atoms with van der Waals surface area (Å²) in [5, 5.41) is 10.6. The van der Waals surface area contributed by atoms with E-state index in [1.807, 2.05) is 0 Å². The number of rotatable bonds is 2. The van der Waals surface area contributed by atoms with Gasteiger partial charge in [-0.3, -0.25) is 19.8 Å². The number of fused-ring (bicyclic) bond motifs is 1. The molecule has 0 spiro atoms. The highest BCUT2D eigenvalue weighted by molar-refractivity contribution is 6.14. The molecule has 0 radical (unpaired) electrons. The standard InChI is InChI=1S/C15H15N3O3/c19-15-13(16-14-4-2-1-3-9-17(14)15)10-11-5-7-12(8-6-11)18(20)21/h5-8,10H,1-4,9H2/b13-10-. The summed E-state index contributed by atoms with van der Waals surface area (Å²) in [5.74, 6) is 0.788. The van der Waals surface area contributed by atoms with Gasteiger partial charge in [-0.05, 0) is 36.6 Å². The first-order valence-corrected chi connectivity index (χ1v) is 7.01. The predicted octanol–water partition coefficient (Wildman–Crippen LogP) is 2.75. The molecule has 6 nitrogen and oxygen atoms in total. The summed E-state index contributed by atoms with van der Waals surface area (Å²) in [6.07, 6.45) is 5.73. The van der Waals surface area contributed by atoms with E-state index in [0.29, 0.717) is 5.70 Å². The van der Waals surface area contributed by atoms with Gasteiger partial charge in [-0.15, -0.1) is 0 Å². The van der Waals surface area contributed by atoms with E-state index in [9.17, 15) is 14.9 Å². The normalized spacial score (nSPS) is 20.2. The molecule has 6 heteroatoms. The Labute approximate surface area is 121 Å². The largest absolute Gasteiger partial charge is 0.295 e. The molecule has 0 aromatic heterocycles. The Kier molecular flexibility index (Phi) is 3.51. The van der Waals surface area contributed by atoms with Gasteiger partial charge in [-0.1, -0.05) is 6.42 Å². The minimum Gasteiger partial charge on any atom is -0.295 e. The molecule has 0 atom stereocenters. The molecule has 0 unspecified atom stereocenters. The lowest BCUT2D eigenvalue weighted by atomic mass is 10.1. The van der Waals surface area contributed by atoms with Crippen LogP contribution in [0.15, 0.2) is 35.0 Å². The van der Waals surface area contributed by atoms with Crippen molar-refractivity contribution in [2.45, 2.75) is 25.7 Å². The number of amidine groups is 1. The maximum Gasteiger partial charge on any atom is 0.277 e. The van der Waals surface area contributed by atoms with Gasteiger partial charge in [-0.2, -0.15) is 0 Å². The summed E-state index contributed by atoms with van der Waals surface area (Å²) >= 11 is 0. The van der Waals surface area contributed by atoms with Crippen LogP contribution in [0.1, 0.15) is 31.2 Å². The zero-order chi connectivity index (χ0) is 14.8. The Hall–Kier alpha value is -2.50. The number of hydrogen-bond acceptors (Lipinski definition) is 4. The van der Waals surface area contributed by atoms with Crippen molar-refractivity contribution in [2.75, 3.05) is 6.54 Å². The minimum absolute atomic E-state index is 0.0371. The zero-order valence-electron chi connectivity index (χ0n) is 11.5. The van der Waals surface area contributed by atoms with Crippen LogP contribution >= 0.6 is 0 Å². The fraction of sp³-hybridized carbons (Fsp3) is 0.333. The van der Waals surface area contributed by atoms with Crippen molar-refractivity contribution >= 4 is 23.5 Å². The Morgan fingerprint density at radius 2 is 1.95 bits per heavy atom. The molecule has 108 valence electrons. The van der Waals surface area contributed by atoms with E-state index in [0.717, 1.165) is 43.6 Å². The number of benzene rings is 1. The highest BCUT2D eigenvalue weighted by Crippen LogP contribution is 2.24. The van der Waals surface area contributed by atoms with E-state index < -0.39 is 4.92 Å². The quantitative estimate of drug-likeness (QED) is 0.476. The molecule has 3 rings (SSSR count). The van der Waals surface area contributed by atoms with Crippen molar-refractivity contribution in [2.24, 2.45) is 4.99 Å². The highest BCUT2D eigenvalue weighted by Gasteiger charge is 2.30. The summed E-state index contributed by atoms with van der Waals surface area (Å²) in [7, 11) is 0. The second kappa shape index (κ2) is 5.47. The van der Waals surface area contributed by atoms with E-state index in [4.69, 9.17) is 0 Å². The van der Waals surface area contributed by atoms with Crippen LogP contribution in [0.3, 0.4) is 0 Å². The Balaban J connectivity index is 1.86. The van der Waals surface area contributed by atoms with Crippen molar-refractivity contribution in [1.82, 2.24) is 4.90 Å². The first-order chi connectivity index (χ1) is 10.1. The first kappa shape index (κ1) is 13.5. The molecule has 0 bridgehead atoms. The van der Waals surface area contributed by atoms with E-state index >= 15 is 0 Å². The predicted molar refractivity (Wildman–Crippen MR) is 78.7 cm³/mol. The Morgan fingerprint density at radius 1 is 1.19 bits per heavy atom. The van der Waals surface area contributed by atoms with Gasteiger partial charge in [-0.25, -0.2) is 4.99 Å². The van der Waals surface area contributed by atoms with Crippen LogP contribution in [0.25, 0.3) is 6.08 Å². The zero-order valence-corrected chi connectivity index (χ0v) is 11.5. The van der Waals surface area contributed by atoms with Crippen molar-refractivity contribution in [3.63, 3.8) is 0 Å². The Morgan fingerprint density at radius 3 is 2.67 bits per heavy atom. The lowest BCUT2D eigenvalue weighted by molar-refractivity contribution is -0.384. The SMILES string of the molecule is O=C1/C(=C/c2ccc([N+](=O)[O-])cc2)N=C2CCCCCN12. The molecule has 2 aliphatic rings. The molecule has 1 aromatic rings. The lowest BCUT2D eigenvalue weighted by Crippen LogP contribution is -2.31. The fourth-order valence-electron chi connectivity index (χ4n) is 2.60. The van der Waals surface area contributed by atoms with Crippen LogP contribution in [-0.2, 0) is 4.79 Å². The molecule has 0 aliphatic carbocycles. The van der Waals surface area contributed by atoms with E-state index in [-0.39, 0.29) is 11.6 Å². The molecule has 1 saturated heterocycles. The van der Waals surface area contributed by atoms with Crippen LogP contribution in [0, 0.1) is 10.1 Å². The van der Waals surface area contributed by atoms with Crippen LogP contribution < -0.4 is 0 Å². The second-order valence-corrected chi connectivity index (χ2v) is 5.17. The molecule has 2 heterocycles. The molecule has 1 amide bonds. The number of carbonyl (C=O) groups excluding carboxylic acids is 1. The maximum absolute atomic E-state index is 12.3. The number of amides is 1. The number of carbonyl (C=O) groups is 1. The van der Waals surface area contributed by atoms with E-state index in [2.05, 4.69) is 4.99 Å². The van der Waals surface area contributed by atoms with Gasteiger partial charge in [0, 0.05) is 25.1 Å². The molecule has 21 heavy (non-hydrogen) atoms. The number of hydrogen-bond donors (Lipinski definition) is 0. The molecule has 2 aliphatic heterocycles. The number of nitrogens with zero attached hydrogens (tertiary/aromatic N) is 3. The van der Waals surface area contributed by atoms with Crippen molar-refractivity contribution < 1.29 is 9.72 Å². The molecule has 0 N–H and O–H groups in total. The number of nitro benzene ring substituents is 1. The van der Waals surface area contributed by atoms with Crippen molar-refractivity contribution in [3.05, 3.63) is 45.6 Å². The summed E-state index contributed by atoms with van der Waals surface area (Å²) in [4.78, 5) is 28.7. The maximum atomic E-state index is 12.3. The van der Waals surface area contributed by atoms with Gasteiger partial charge in [0.15, 0.2) is 0 Å². The first-order valence-electron chi connectivity index (χ1n) is 7.01. The van der Waals surface area contributed by atoms with Crippen LogP contribution in [-0.4, -0.2) is 28.1 Å². The van der Waals surface area contributed by atoms with Gasteiger partial charge in [0.05, 0.1) is 4.92 Å². The highest BCUT2D eigenvalue weighted by atomic mass is 16.6. The third kappa shape index (κ3) is 2.69. The smallest absolute Gasteiger partial charge is 0.277 e. The summed E-state index contributed by atoms with van der Waals surface area (Å²) in [6.45, 7) is 0.731. The van der Waals surface area contributed by atoms with Crippen LogP contribution in [0.4, 0.5) is 5.69 Å². The molecule has 1 fully saturated rings. The van der Waals surface area contributed by atoms with Crippen LogP contribution in [0.5, 0.6) is 0 Å². The summed E-state index contributed by atoms with van der Waals surface area (Å²) < 4.78 is 0. The van der Waals surface area contributed by atoms with Crippen molar-refractivity contribution in [1.29, 1.82) is 0 Å². The lowest BCUT2D eigenvalue weighted by Gasteiger charge is -2.13. The number of non-ortho nitro benzene ring substituents is 1. The average molecular weight is 285 g/mol. The van der Waals surface area contributed by atoms with Gasteiger partial charge >= 0.3 is 0 Å². The van der Waals surface area contributed by atoms with Crippen LogP contribution in [0.2, 0.25) is 0 Å². The molecular formula is C15H15N3O3. The minimum atomic E-state index is -0.443.